The minimum absolute atomic E-state index is 0.203. The first-order valence-electron chi connectivity index (χ1n) is 6.97. The number of carboxylic acid groups (broad SMARTS) is 1. The van der Waals surface area contributed by atoms with E-state index in [-0.39, 0.29) is 18.1 Å². The molecule has 0 saturated heterocycles. The highest BCUT2D eigenvalue weighted by Gasteiger charge is 2.15. The molecule has 0 aliphatic rings. The molecule has 0 aromatic heterocycles. The Bertz CT molecular complexity index is 679. The fraction of sp³-hybridized carbons (Fsp3) is 0.176. The van der Waals surface area contributed by atoms with E-state index in [0.717, 1.165) is 4.90 Å². The fourth-order valence-electron chi connectivity index (χ4n) is 2.04. The van der Waals surface area contributed by atoms with E-state index >= 15 is 0 Å². The Morgan fingerprint density at radius 3 is 2.52 bits per heavy atom. The summed E-state index contributed by atoms with van der Waals surface area (Å²) in [6.45, 7) is 0. The molecule has 2 aromatic carbocycles. The Morgan fingerprint density at radius 1 is 1.13 bits per heavy atom. The van der Waals surface area contributed by atoms with Gasteiger partial charge in [-0.2, -0.15) is 0 Å². The minimum atomic E-state index is -1.23. The van der Waals surface area contributed by atoms with Crippen molar-refractivity contribution in [2.45, 2.75) is 17.4 Å². The van der Waals surface area contributed by atoms with Crippen LogP contribution in [0.1, 0.15) is 18.0 Å². The first kappa shape index (κ1) is 17.4. The topological polar surface area (TPSA) is 69.2 Å². The highest BCUT2D eigenvalue weighted by molar-refractivity contribution is 8.00. The zero-order valence-electron chi connectivity index (χ0n) is 12.2. The van der Waals surface area contributed by atoms with Gasteiger partial charge in [-0.15, -0.1) is 11.8 Å². The molecule has 0 spiro atoms. The maximum Gasteiger partial charge on any atom is 0.230 e. The summed E-state index contributed by atoms with van der Waals surface area (Å²) in [5.41, 5.74) is 0.639. The zero-order valence-corrected chi connectivity index (χ0v) is 13.8. The number of halogens is 1. The molecule has 2 rings (SSSR count). The minimum Gasteiger partial charge on any atom is -0.550 e. The largest absolute Gasteiger partial charge is 0.550 e. The van der Waals surface area contributed by atoms with Crippen LogP contribution in [-0.4, -0.2) is 17.6 Å². The molecular weight excluding hydrogens is 334 g/mol. The molecule has 120 valence electrons. The van der Waals surface area contributed by atoms with Crippen LogP contribution in [0.3, 0.4) is 0 Å². The van der Waals surface area contributed by atoms with Gasteiger partial charge in [0.1, 0.15) is 0 Å². The molecule has 0 aliphatic heterocycles. The molecule has 4 nitrogen and oxygen atoms in total. The first-order chi connectivity index (χ1) is 11.0. The Hall–Kier alpha value is -1.98. The lowest BCUT2D eigenvalue weighted by molar-refractivity contribution is -0.306. The van der Waals surface area contributed by atoms with Crippen molar-refractivity contribution < 1.29 is 14.7 Å². The number of carbonyl (C=O) groups is 2. The number of amides is 1. The standard InChI is InChI=1S/C17H16ClNO3S/c18-13-6-4-5-12(9-13)15(10-17(21)22)19-16(20)11-23-14-7-2-1-3-8-14/h1-9,15H,10-11H2,(H,19,20)(H,21,22)/p-1/t15-/m0/s1. The summed E-state index contributed by atoms with van der Waals surface area (Å²) < 4.78 is 0. The van der Waals surface area contributed by atoms with Crippen LogP contribution < -0.4 is 10.4 Å². The smallest absolute Gasteiger partial charge is 0.230 e. The number of carbonyl (C=O) groups excluding carboxylic acids is 2. The van der Waals surface area contributed by atoms with Crippen LogP contribution in [0.15, 0.2) is 59.5 Å². The van der Waals surface area contributed by atoms with E-state index in [9.17, 15) is 14.7 Å². The molecule has 23 heavy (non-hydrogen) atoms. The summed E-state index contributed by atoms with van der Waals surface area (Å²) in [6, 6.07) is 15.6. The fourth-order valence-corrected chi connectivity index (χ4v) is 2.97. The molecule has 0 bridgehead atoms. The third-order valence-electron chi connectivity index (χ3n) is 3.07. The van der Waals surface area contributed by atoms with E-state index in [1.165, 1.54) is 11.8 Å². The molecule has 0 heterocycles. The number of hydrogen-bond donors (Lipinski definition) is 1. The molecule has 0 fully saturated rings. The molecule has 0 unspecified atom stereocenters. The van der Waals surface area contributed by atoms with Crippen molar-refractivity contribution >= 4 is 35.2 Å². The maximum atomic E-state index is 12.1. The van der Waals surface area contributed by atoms with Crippen LogP contribution in [0, 0.1) is 0 Å². The zero-order chi connectivity index (χ0) is 16.7. The van der Waals surface area contributed by atoms with Crippen molar-refractivity contribution in [3.05, 3.63) is 65.2 Å². The summed E-state index contributed by atoms with van der Waals surface area (Å²) >= 11 is 7.31. The van der Waals surface area contributed by atoms with Gasteiger partial charge in [0.2, 0.25) is 5.91 Å². The van der Waals surface area contributed by atoms with E-state index in [0.29, 0.717) is 10.6 Å². The van der Waals surface area contributed by atoms with Crippen molar-refractivity contribution in [1.82, 2.24) is 5.32 Å². The van der Waals surface area contributed by atoms with Gasteiger partial charge in [-0.3, -0.25) is 4.79 Å². The lowest BCUT2D eigenvalue weighted by Gasteiger charge is -2.20. The molecular formula is C17H15ClNO3S-. The van der Waals surface area contributed by atoms with Crippen LogP contribution >= 0.6 is 23.4 Å². The summed E-state index contributed by atoms with van der Waals surface area (Å²) in [5.74, 6) is -1.27. The van der Waals surface area contributed by atoms with Gasteiger partial charge in [-0.05, 0) is 29.8 Å². The monoisotopic (exact) mass is 348 g/mol. The normalized spacial score (nSPS) is 11.7. The number of thioether (sulfide) groups is 1. The molecule has 1 amide bonds. The van der Waals surface area contributed by atoms with Crippen molar-refractivity contribution in [3.63, 3.8) is 0 Å². The Morgan fingerprint density at radius 2 is 1.87 bits per heavy atom. The van der Waals surface area contributed by atoms with Gasteiger partial charge in [0.15, 0.2) is 0 Å². The van der Waals surface area contributed by atoms with Crippen LogP contribution in [-0.2, 0) is 9.59 Å². The second-order valence-corrected chi connectivity index (χ2v) is 6.34. The average molecular weight is 349 g/mol. The second kappa shape index (κ2) is 8.60. The predicted molar refractivity (Wildman–Crippen MR) is 89.1 cm³/mol. The number of benzene rings is 2. The highest BCUT2D eigenvalue weighted by atomic mass is 35.5. The van der Waals surface area contributed by atoms with Gasteiger partial charge in [-0.25, -0.2) is 0 Å². The molecule has 0 saturated carbocycles. The van der Waals surface area contributed by atoms with E-state index in [4.69, 9.17) is 11.6 Å². The summed E-state index contributed by atoms with van der Waals surface area (Å²) in [6.07, 6.45) is -0.303. The molecule has 1 atom stereocenters. The van der Waals surface area contributed by atoms with E-state index in [1.54, 1.807) is 24.3 Å². The van der Waals surface area contributed by atoms with Crippen molar-refractivity contribution in [3.8, 4) is 0 Å². The van der Waals surface area contributed by atoms with Gasteiger partial charge in [0.25, 0.3) is 0 Å². The van der Waals surface area contributed by atoms with Gasteiger partial charge in [-0.1, -0.05) is 41.9 Å². The molecule has 0 radical (unpaired) electrons. The number of carboxylic acids is 1. The number of hydrogen-bond acceptors (Lipinski definition) is 4. The van der Waals surface area contributed by atoms with Crippen molar-refractivity contribution in [2.24, 2.45) is 0 Å². The lowest BCUT2D eigenvalue weighted by Crippen LogP contribution is -2.35. The van der Waals surface area contributed by atoms with Crippen LogP contribution in [0.4, 0.5) is 0 Å². The third-order valence-corrected chi connectivity index (χ3v) is 4.32. The van der Waals surface area contributed by atoms with E-state index in [1.807, 2.05) is 30.3 Å². The maximum absolute atomic E-state index is 12.1. The van der Waals surface area contributed by atoms with Crippen molar-refractivity contribution in [2.75, 3.05) is 5.75 Å². The lowest BCUT2D eigenvalue weighted by atomic mass is 10.0. The number of rotatable bonds is 7. The Balaban J connectivity index is 1.99. The SMILES string of the molecule is O=C([O-])C[C@H](NC(=O)CSc1ccccc1)c1cccc(Cl)c1. The summed E-state index contributed by atoms with van der Waals surface area (Å²) in [4.78, 5) is 24.0. The van der Waals surface area contributed by atoms with E-state index < -0.39 is 12.0 Å². The number of nitrogens with one attached hydrogen (secondary N) is 1. The third kappa shape index (κ3) is 5.96. The van der Waals surface area contributed by atoms with Crippen molar-refractivity contribution in [1.29, 1.82) is 0 Å². The van der Waals surface area contributed by atoms with Crippen LogP contribution in [0.25, 0.3) is 0 Å². The molecule has 1 N–H and O–H groups in total. The van der Waals surface area contributed by atoms with Crippen LogP contribution in [0.2, 0.25) is 5.02 Å². The quantitative estimate of drug-likeness (QED) is 0.780. The molecule has 2 aromatic rings. The molecule has 6 heteroatoms. The average Bonchev–Trinajstić information content (AvgIpc) is 2.53. The first-order valence-corrected chi connectivity index (χ1v) is 8.33. The van der Waals surface area contributed by atoms with E-state index in [2.05, 4.69) is 5.32 Å². The second-order valence-electron chi connectivity index (χ2n) is 4.85. The predicted octanol–water partition coefficient (Wildman–Crippen LogP) is 2.43. The highest BCUT2D eigenvalue weighted by Crippen LogP contribution is 2.21. The Labute approximate surface area is 143 Å². The summed E-state index contributed by atoms with van der Waals surface area (Å²) in [7, 11) is 0. The van der Waals surface area contributed by atoms with Gasteiger partial charge >= 0.3 is 0 Å². The number of aliphatic carboxylic acids is 1. The van der Waals surface area contributed by atoms with Gasteiger partial charge in [0, 0.05) is 22.3 Å². The van der Waals surface area contributed by atoms with Crippen LogP contribution in [0.5, 0.6) is 0 Å². The van der Waals surface area contributed by atoms with Gasteiger partial charge in [0.05, 0.1) is 11.8 Å². The van der Waals surface area contributed by atoms with Gasteiger partial charge < -0.3 is 15.2 Å². The Kier molecular flexibility index (Phi) is 6.50. The summed E-state index contributed by atoms with van der Waals surface area (Å²) in [5, 5.41) is 14.1. The molecule has 0 aliphatic carbocycles.